The molecule has 2 aliphatic rings. The second-order valence-electron chi connectivity index (χ2n) is 8.19. The molecule has 3 heterocycles. The van der Waals surface area contributed by atoms with Gasteiger partial charge in [-0.3, -0.25) is 14.4 Å². The Hall–Kier alpha value is -3.16. The molecule has 2 amide bonds. The lowest BCUT2D eigenvalue weighted by Crippen LogP contribution is -2.42. The van der Waals surface area contributed by atoms with Gasteiger partial charge in [-0.15, -0.1) is 0 Å². The van der Waals surface area contributed by atoms with Gasteiger partial charge >= 0.3 is 0 Å². The van der Waals surface area contributed by atoms with Crippen LogP contribution in [0.4, 0.5) is 0 Å². The van der Waals surface area contributed by atoms with E-state index >= 15 is 0 Å². The number of piperidine rings is 1. The molecular formula is C23H28N4O4. The summed E-state index contributed by atoms with van der Waals surface area (Å²) in [5, 5.41) is 0. The highest BCUT2D eigenvalue weighted by Gasteiger charge is 2.31. The molecule has 164 valence electrons. The molecule has 2 aromatic rings. The Balaban J connectivity index is 1.59. The minimum absolute atomic E-state index is 0.00341. The number of ether oxygens (including phenoxy) is 1. The molecule has 0 spiro atoms. The van der Waals surface area contributed by atoms with E-state index in [1.165, 1.54) is 6.92 Å². The van der Waals surface area contributed by atoms with Crippen molar-refractivity contribution in [2.24, 2.45) is 0 Å². The average Bonchev–Trinajstić information content (AvgIpc) is 2.78. The minimum Gasteiger partial charge on any atom is -0.497 e. The Kier molecular flexibility index (Phi) is 6.06. The van der Waals surface area contributed by atoms with Crippen LogP contribution < -0.4 is 10.3 Å². The van der Waals surface area contributed by atoms with Crippen molar-refractivity contribution in [1.82, 2.24) is 19.8 Å². The first-order valence-corrected chi connectivity index (χ1v) is 10.8. The van der Waals surface area contributed by atoms with Crippen molar-refractivity contribution in [1.29, 1.82) is 0 Å². The summed E-state index contributed by atoms with van der Waals surface area (Å²) in [6, 6.07) is 7.24. The number of carbonyl (C=O) groups excluding carboxylic acids is 2. The Bertz CT molecular complexity index is 1050. The van der Waals surface area contributed by atoms with E-state index in [1.807, 2.05) is 29.2 Å². The predicted octanol–water partition coefficient (Wildman–Crippen LogP) is 1.98. The number of likely N-dealkylation sites (tertiary alicyclic amines) is 1. The number of aromatic nitrogens is 2. The maximum absolute atomic E-state index is 13.2. The standard InChI is InChI=1S/C23H28N4O4/c1-15(28)26-11-9-18-19(14-26)24-22(25-23(18)30)20-8-3-4-10-27(20)21(29)13-16-6-5-7-17(12-16)31-2/h5-7,12,20H,3-4,8-11,13-14H2,1-2H3,(H,24,25,30). The van der Waals surface area contributed by atoms with Crippen LogP contribution in [-0.4, -0.2) is 51.8 Å². The molecule has 8 heteroatoms. The molecule has 0 saturated carbocycles. The monoisotopic (exact) mass is 424 g/mol. The molecule has 0 bridgehead atoms. The Labute approximate surface area is 181 Å². The van der Waals surface area contributed by atoms with Crippen LogP contribution in [0.25, 0.3) is 0 Å². The molecule has 1 unspecified atom stereocenters. The molecular weight excluding hydrogens is 396 g/mol. The average molecular weight is 425 g/mol. The third-order valence-electron chi connectivity index (χ3n) is 6.17. The summed E-state index contributed by atoms with van der Waals surface area (Å²) in [5.41, 5.74) is 2.02. The number of carbonyl (C=O) groups is 2. The number of aromatic amines is 1. The smallest absolute Gasteiger partial charge is 0.254 e. The highest BCUT2D eigenvalue weighted by molar-refractivity contribution is 5.79. The number of hydrogen-bond donors (Lipinski definition) is 1. The third-order valence-corrected chi connectivity index (χ3v) is 6.17. The number of hydrogen-bond acceptors (Lipinski definition) is 5. The van der Waals surface area contributed by atoms with Crippen LogP contribution >= 0.6 is 0 Å². The van der Waals surface area contributed by atoms with Gasteiger partial charge in [-0.05, 0) is 43.4 Å². The molecule has 2 aliphatic heterocycles. The first-order valence-electron chi connectivity index (χ1n) is 10.8. The number of nitrogens with zero attached hydrogens (tertiary/aromatic N) is 3. The molecule has 31 heavy (non-hydrogen) atoms. The van der Waals surface area contributed by atoms with Crippen molar-refractivity contribution >= 4 is 11.8 Å². The molecule has 1 saturated heterocycles. The SMILES string of the molecule is COc1cccc(CC(=O)N2CCCCC2c2nc3c(c(=O)[nH]2)CCN(C(C)=O)C3)c1. The van der Waals surface area contributed by atoms with E-state index in [9.17, 15) is 14.4 Å². The van der Waals surface area contributed by atoms with E-state index in [4.69, 9.17) is 9.72 Å². The van der Waals surface area contributed by atoms with Gasteiger partial charge in [0.25, 0.3) is 5.56 Å². The third kappa shape index (κ3) is 4.47. The second-order valence-corrected chi connectivity index (χ2v) is 8.19. The topological polar surface area (TPSA) is 95.6 Å². The fourth-order valence-corrected chi connectivity index (χ4v) is 4.46. The van der Waals surface area contributed by atoms with Crippen LogP contribution in [0.2, 0.25) is 0 Å². The Morgan fingerprint density at radius 1 is 1.26 bits per heavy atom. The van der Waals surface area contributed by atoms with Gasteiger partial charge in [-0.2, -0.15) is 0 Å². The first-order chi connectivity index (χ1) is 15.0. The van der Waals surface area contributed by atoms with Crippen molar-refractivity contribution in [2.45, 2.75) is 51.6 Å². The zero-order chi connectivity index (χ0) is 22.0. The quantitative estimate of drug-likeness (QED) is 0.810. The van der Waals surface area contributed by atoms with Gasteiger partial charge in [0, 0.05) is 25.6 Å². The molecule has 1 N–H and O–H groups in total. The van der Waals surface area contributed by atoms with Crippen LogP contribution in [0, 0.1) is 0 Å². The second kappa shape index (κ2) is 8.91. The number of H-pyrrole nitrogens is 1. The molecule has 1 atom stereocenters. The zero-order valence-electron chi connectivity index (χ0n) is 18.0. The van der Waals surface area contributed by atoms with Crippen LogP contribution in [0.15, 0.2) is 29.1 Å². The lowest BCUT2D eigenvalue weighted by molar-refractivity contribution is -0.134. The molecule has 0 radical (unpaired) electrons. The summed E-state index contributed by atoms with van der Waals surface area (Å²) in [6.45, 7) is 3.03. The largest absolute Gasteiger partial charge is 0.497 e. The maximum atomic E-state index is 13.2. The zero-order valence-corrected chi connectivity index (χ0v) is 18.0. The molecule has 1 fully saturated rings. The number of rotatable bonds is 4. The summed E-state index contributed by atoms with van der Waals surface area (Å²) < 4.78 is 5.26. The van der Waals surface area contributed by atoms with Gasteiger partial charge in [-0.1, -0.05) is 12.1 Å². The van der Waals surface area contributed by atoms with E-state index in [1.54, 1.807) is 12.0 Å². The fourth-order valence-electron chi connectivity index (χ4n) is 4.46. The maximum Gasteiger partial charge on any atom is 0.254 e. The normalized spacial score (nSPS) is 18.5. The predicted molar refractivity (Wildman–Crippen MR) is 115 cm³/mol. The minimum atomic E-state index is -0.266. The van der Waals surface area contributed by atoms with Crippen molar-refractivity contribution in [3.63, 3.8) is 0 Å². The van der Waals surface area contributed by atoms with Crippen molar-refractivity contribution in [3.8, 4) is 5.75 Å². The summed E-state index contributed by atoms with van der Waals surface area (Å²) in [4.78, 5) is 48.9. The number of methoxy groups -OCH3 is 1. The van der Waals surface area contributed by atoms with Crippen molar-refractivity contribution in [2.75, 3.05) is 20.2 Å². The van der Waals surface area contributed by atoms with E-state index in [-0.39, 0.29) is 29.8 Å². The number of fused-ring (bicyclic) bond motifs is 1. The van der Waals surface area contributed by atoms with E-state index in [0.29, 0.717) is 43.1 Å². The summed E-state index contributed by atoms with van der Waals surface area (Å²) in [7, 11) is 1.60. The highest BCUT2D eigenvalue weighted by atomic mass is 16.5. The molecule has 4 rings (SSSR count). The molecule has 1 aromatic carbocycles. The van der Waals surface area contributed by atoms with Crippen LogP contribution in [0.1, 0.15) is 54.9 Å². The fraction of sp³-hybridized carbons (Fsp3) is 0.478. The van der Waals surface area contributed by atoms with Crippen molar-refractivity contribution in [3.05, 3.63) is 57.3 Å². The highest BCUT2D eigenvalue weighted by Crippen LogP contribution is 2.30. The van der Waals surface area contributed by atoms with Crippen LogP contribution in [0.5, 0.6) is 5.75 Å². The molecule has 0 aliphatic carbocycles. The molecule has 1 aromatic heterocycles. The van der Waals surface area contributed by atoms with Crippen LogP contribution in [0.3, 0.4) is 0 Å². The van der Waals surface area contributed by atoms with E-state index < -0.39 is 0 Å². The van der Waals surface area contributed by atoms with Gasteiger partial charge in [0.15, 0.2) is 0 Å². The lowest BCUT2D eigenvalue weighted by Gasteiger charge is -2.36. The van der Waals surface area contributed by atoms with Gasteiger partial charge in [0.05, 0.1) is 31.8 Å². The van der Waals surface area contributed by atoms with Gasteiger partial charge in [0.2, 0.25) is 11.8 Å². The summed E-state index contributed by atoms with van der Waals surface area (Å²) in [5.74, 6) is 1.22. The first kappa shape index (κ1) is 21.1. The van der Waals surface area contributed by atoms with Gasteiger partial charge in [0.1, 0.15) is 11.6 Å². The van der Waals surface area contributed by atoms with Gasteiger partial charge < -0.3 is 19.5 Å². The number of benzene rings is 1. The number of amides is 2. The van der Waals surface area contributed by atoms with Crippen molar-refractivity contribution < 1.29 is 14.3 Å². The Morgan fingerprint density at radius 2 is 2.10 bits per heavy atom. The van der Waals surface area contributed by atoms with E-state index in [2.05, 4.69) is 4.98 Å². The Morgan fingerprint density at radius 3 is 2.87 bits per heavy atom. The van der Waals surface area contributed by atoms with Crippen LogP contribution in [-0.2, 0) is 29.0 Å². The summed E-state index contributed by atoms with van der Waals surface area (Å²) >= 11 is 0. The number of nitrogens with one attached hydrogen (secondary N) is 1. The molecule has 8 nitrogen and oxygen atoms in total. The van der Waals surface area contributed by atoms with Gasteiger partial charge in [-0.25, -0.2) is 4.98 Å². The lowest BCUT2D eigenvalue weighted by atomic mass is 9.99. The van der Waals surface area contributed by atoms with E-state index in [0.717, 1.165) is 30.6 Å². The summed E-state index contributed by atoms with van der Waals surface area (Å²) in [6.07, 6.45) is 3.41.